The number of hydrogen-bond acceptors (Lipinski definition) is 5. The van der Waals surface area contributed by atoms with Crippen LogP contribution in [0.2, 0.25) is 0 Å². The number of carbonyl (C=O) groups is 2. The molecule has 1 aliphatic carbocycles. The molecule has 0 bridgehead atoms. The Kier molecular flexibility index (Phi) is 4.03. The quantitative estimate of drug-likeness (QED) is 0.848. The molecular weight excluding hydrogens is 324 g/mol. The lowest BCUT2D eigenvalue weighted by Gasteiger charge is -2.58. The topological polar surface area (TPSA) is 106 Å². The smallest absolute Gasteiger partial charge is 0.330 e. The summed E-state index contributed by atoms with van der Waals surface area (Å²) in [6.07, 6.45) is 3.11. The first-order valence-electron chi connectivity index (χ1n) is 8.21. The molecule has 0 saturated heterocycles. The zero-order valence-electron chi connectivity index (χ0n) is 14.7. The second-order valence-corrected chi connectivity index (χ2v) is 6.93. The Hall–Kier alpha value is -2.48. The predicted octanol–water partition coefficient (Wildman–Crippen LogP) is 1.43. The van der Waals surface area contributed by atoms with Crippen molar-refractivity contribution >= 4 is 17.5 Å². The maximum atomic E-state index is 12.8. The molecule has 0 spiro atoms. The van der Waals surface area contributed by atoms with Gasteiger partial charge in [-0.05, 0) is 19.9 Å². The first kappa shape index (κ1) is 17.3. The molecule has 1 amide bonds. The SMILES string of the molecule is CCO[C@@H]1C[C@@](NC(=O)c2cnn3ccc(C)nc23)(C(=O)O)C1(C)C. The number of carboxylic acid groups (broad SMARTS) is 1. The molecule has 2 atom stereocenters. The third-order valence-corrected chi connectivity index (χ3v) is 5.21. The summed E-state index contributed by atoms with van der Waals surface area (Å²) in [6.45, 7) is 7.76. The van der Waals surface area contributed by atoms with Crippen LogP contribution in [0.15, 0.2) is 18.5 Å². The molecule has 3 rings (SSSR count). The van der Waals surface area contributed by atoms with E-state index in [0.717, 1.165) is 5.69 Å². The molecule has 0 aliphatic heterocycles. The number of aromatic nitrogens is 3. The number of aryl methyl sites for hydroxylation is 1. The van der Waals surface area contributed by atoms with Crippen LogP contribution < -0.4 is 5.32 Å². The molecule has 8 nitrogen and oxygen atoms in total. The second kappa shape index (κ2) is 5.80. The first-order valence-corrected chi connectivity index (χ1v) is 8.21. The lowest BCUT2D eigenvalue weighted by molar-refractivity contribution is -0.190. The zero-order valence-corrected chi connectivity index (χ0v) is 14.7. The largest absolute Gasteiger partial charge is 0.479 e. The number of fused-ring (bicyclic) bond motifs is 1. The van der Waals surface area contributed by atoms with Gasteiger partial charge in [-0.3, -0.25) is 4.79 Å². The van der Waals surface area contributed by atoms with Gasteiger partial charge in [0.15, 0.2) is 5.65 Å². The van der Waals surface area contributed by atoms with E-state index >= 15 is 0 Å². The van der Waals surface area contributed by atoms with Crippen molar-refractivity contribution in [2.45, 2.75) is 45.8 Å². The van der Waals surface area contributed by atoms with Gasteiger partial charge in [0.05, 0.1) is 12.3 Å². The van der Waals surface area contributed by atoms with Crippen LogP contribution in [0.5, 0.6) is 0 Å². The molecule has 0 radical (unpaired) electrons. The molecule has 0 aromatic carbocycles. The molecule has 25 heavy (non-hydrogen) atoms. The Morgan fingerprint density at radius 3 is 2.80 bits per heavy atom. The van der Waals surface area contributed by atoms with Gasteiger partial charge in [0.1, 0.15) is 11.1 Å². The van der Waals surface area contributed by atoms with Crippen molar-refractivity contribution in [1.29, 1.82) is 0 Å². The van der Waals surface area contributed by atoms with Gasteiger partial charge in [0, 0.05) is 30.3 Å². The van der Waals surface area contributed by atoms with E-state index in [1.54, 1.807) is 26.1 Å². The van der Waals surface area contributed by atoms with E-state index in [1.165, 1.54) is 10.7 Å². The molecular formula is C17H22N4O4. The predicted molar refractivity (Wildman–Crippen MR) is 89.4 cm³/mol. The maximum absolute atomic E-state index is 12.8. The van der Waals surface area contributed by atoms with Crippen molar-refractivity contribution in [3.8, 4) is 0 Å². The molecule has 1 fully saturated rings. The van der Waals surface area contributed by atoms with E-state index in [1.807, 2.05) is 13.8 Å². The van der Waals surface area contributed by atoms with Gasteiger partial charge in [-0.2, -0.15) is 5.10 Å². The van der Waals surface area contributed by atoms with Gasteiger partial charge in [-0.15, -0.1) is 0 Å². The molecule has 1 aliphatic rings. The molecule has 2 aromatic rings. The lowest BCUT2D eigenvalue weighted by atomic mass is 9.54. The van der Waals surface area contributed by atoms with E-state index < -0.39 is 22.8 Å². The van der Waals surface area contributed by atoms with E-state index in [-0.39, 0.29) is 18.1 Å². The highest BCUT2D eigenvalue weighted by atomic mass is 16.5. The Bertz CT molecular complexity index is 844. The number of carbonyl (C=O) groups excluding carboxylic acids is 1. The van der Waals surface area contributed by atoms with Crippen LogP contribution in [0, 0.1) is 12.3 Å². The number of rotatable bonds is 5. The van der Waals surface area contributed by atoms with Crippen molar-refractivity contribution < 1.29 is 19.4 Å². The third kappa shape index (κ3) is 2.48. The summed E-state index contributed by atoms with van der Waals surface area (Å²) < 4.78 is 7.10. The number of ether oxygens (including phenoxy) is 1. The minimum absolute atomic E-state index is 0.223. The lowest BCUT2D eigenvalue weighted by Crippen LogP contribution is -2.76. The van der Waals surface area contributed by atoms with Gasteiger partial charge < -0.3 is 15.2 Å². The third-order valence-electron chi connectivity index (χ3n) is 5.21. The highest BCUT2D eigenvalue weighted by Crippen LogP contribution is 2.51. The standard InChI is InChI=1S/C17H22N4O4/c1-5-25-12-8-17(15(23)24,16(12,3)4)20-14(22)11-9-18-21-7-6-10(2)19-13(11)21/h6-7,9,12H,5,8H2,1-4H3,(H,20,22)(H,23,24)/t12-,17-/m1/s1. The van der Waals surface area contributed by atoms with Crippen LogP contribution >= 0.6 is 0 Å². The number of carboxylic acids is 1. The highest BCUT2D eigenvalue weighted by Gasteiger charge is 2.66. The zero-order chi connectivity index (χ0) is 18.4. The van der Waals surface area contributed by atoms with Gasteiger partial charge in [-0.25, -0.2) is 14.3 Å². The summed E-state index contributed by atoms with van der Waals surface area (Å²) >= 11 is 0. The van der Waals surface area contributed by atoms with Crippen LogP contribution in [0.25, 0.3) is 5.65 Å². The Morgan fingerprint density at radius 1 is 1.48 bits per heavy atom. The molecule has 2 N–H and O–H groups in total. The molecule has 2 aromatic heterocycles. The van der Waals surface area contributed by atoms with Crippen molar-refractivity contribution in [2.24, 2.45) is 5.41 Å². The van der Waals surface area contributed by atoms with Gasteiger partial charge in [0.25, 0.3) is 5.91 Å². The fraction of sp³-hybridized carbons (Fsp3) is 0.529. The van der Waals surface area contributed by atoms with Crippen LogP contribution in [0.3, 0.4) is 0 Å². The van der Waals surface area contributed by atoms with Crippen molar-refractivity contribution in [2.75, 3.05) is 6.61 Å². The van der Waals surface area contributed by atoms with E-state index in [4.69, 9.17) is 4.74 Å². The summed E-state index contributed by atoms with van der Waals surface area (Å²) in [5, 5.41) is 16.6. The van der Waals surface area contributed by atoms with E-state index in [0.29, 0.717) is 12.3 Å². The first-order chi connectivity index (χ1) is 11.7. The Labute approximate surface area is 145 Å². The number of nitrogens with zero attached hydrogens (tertiary/aromatic N) is 3. The summed E-state index contributed by atoms with van der Waals surface area (Å²) in [5.41, 5.74) is -0.731. The molecule has 2 heterocycles. The highest BCUT2D eigenvalue weighted by molar-refractivity contribution is 6.02. The Balaban J connectivity index is 1.92. The number of hydrogen-bond donors (Lipinski definition) is 2. The molecule has 1 saturated carbocycles. The second-order valence-electron chi connectivity index (χ2n) is 6.93. The maximum Gasteiger partial charge on any atom is 0.330 e. The number of amides is 1. The van der Waals surface area contributed by atoms with Gasteiger partial charge in [-0.1, -0.05) is 13.8 Å². The van der Waals surface area contributed by atoms with E-state index in [9.17, 15) is 14.7 Å². The average Bonchev–Trinajstić information content (AvgIpc) is 2.96. The van der Waals surface area contributed by atoms with Crippen LogP contribution in [-0.4, -0.2) is 49.8 Å². The van der Waals surface area contributed by atoms with Crippen LogP contribution in [0.1, 0.15) is 43.2 Å². The minimum atomic E-state index is -1.39. The number of nitrogens with one attached hydrogen (secondary N) is 1. The summed E-state index contributed by atoms with van der Waals surface area (Å²) in [6, 6.07) is 1.78. The van der Waals surface area contributed by atoms with Crippen molar-refractivity contribution in [3.05, 3.63) is 29.7 Å². The minimum Gasteiger partial charge on any atom is -0.479 e. The monoisotopic (exact) mass is 346 g/mol. The van der Waals surface area contributed by atoms with Gasteiger partial charge in [0.2, 0.25) is 0 Å². The fourth-order valence-corrected chi connectivity index (χ4v) is 3.42. The van der Waals surface area contributed by atoms with Gasteiger partial charge >= 0.3 is 5.97 Å². The van der Waals surface area contributed by atoms with Crippen LogP contribution in [0.4, 0.5) is 0 Å². The average molecular weight is 346 g/mol. The molecule has 0 unspecified atom stereocenters. The molecule has 8 heteroatoms. The summed E-state index contributed by atoms with van der Waals surface area (Å²) in [5.74, 6) is -1.57. The summed E-state index contributed by atoms with van der Waals surface area (Å²) in [7, 11) is 0. The van der Waals surface area contributed by atoms with Crippen molar-refractivity contribution in [3.63, 3.8) is 0 Å². The van der Waals surface area contributed by atoms with E-state index in [2.05, 4.69) is 15.4 Å². The number of aliphatic carboxylic acids is 1. The van der Waals surface area contributed by atoms with Crippen LogP contribution in [-0.2, 0) is 9.53 Å². The molecule has 134 valence electrons. The summed E-state index contributed by atoms with van der Waals surface area (Å²) in [4.78, 5) is 29.1. The fourth-order valence-electron chi connectivity index (χ4n) is 3.42. The Morgan fingerprint density at radius 2 is 2.20 bits per heavy atom. The normalized spacial score (nSPS) is 24.7. The van der Waals surface area contributed by atoms with Crippen molar-refractivity contribution in [1.82, 2.24) is 19.9 Å².